The van der Waals surface area contributed by atoms with Crippen molar-refractivity contribution >= 4 is 6.08 Å². The second-order valence-electron chi connectivity index (χ2n) is 5.72. The molecule has 1 heterocycles. The molecule has 1 aliphatic rings. The van der Waals surface area contributed by atoms with E-state index in [4.69, 9.17) is 0 Å². The molecule has 3 nitrogen and oxygen atoms in total. The largest absolute Gasteiger partial charge is 0.311 e. The van der Waals surface area contributed by atoms with E-state index in [9.17, 15) is 0 Å². The van der Waals surface area contributed by atoms with Gasteiger partial charge in [0.05, 0.1) is 5.69 Å². The molecule has 104 valence electrons. The summed E-state index contributed by atoms with van der Waals surface area (Å²) < 4.78 is 0. The number of nitrogens with zero attached hydrogens (tertiary/aromatic N) is 2. The van der Waals surface area contributed by atoms with E-state index in [-0.39, 0.29) is 0 Å². The molecule has 2 rings (SSSR count). The smallest absolute Gasteiger partial charge is 0.115 e. The molecule has 1 aliphatic carbocycles. The summed E-state index contributed by atoms with van der Waals surface area (Å²) in [5.41, 5.74) is 2.54. The highest BCUT2D eigenvalue weighted by atomic mass is 14.9. The van der Waals surface area contributed by atoms with E-state index in [2.05, 4.69) is 35.2 Å². The molecule has 0 aromatic carbocycles. The predicted octanol–water partition coefficient (Wildman–Crippen LogP) is 3.44. The first-order chi connectivity index (χ1) is 9.25. The molecule has 0 unspecified atom stereocenters. The number of nitrogens with one attached hydrogen (secondary N) is 1. The van der Waals surface area contributed by atoms with Crippen LogP contribution in [0.1, 0.15) is 51.6 Å². The van der Waals surface area contributed by atoms with Gasteiger partial charge in [0.1, 0.15) is 6.33 Å². The van der Waals surface area contributed by atoms with Crippen LogP contribution in [-0.2, 0) is 0 Å². The summed E-state index contributed by atoms with van der Waals surface area (Å²) >= 11 is 0. The summed E-state index contributed by atoms with van der Waals surface area (Å²) in [5, 5.41) is 3.55. The second kappa shape index (κ2) is 7.39. The summed E-state index contributed by atoms with van der Waals surface area (Å²) in [6, 6.07) is 2.51. The first-order valence-electron chi connectivity index (χ1n) is 7.45. The zero-order valence-electron chi connectivity index (χ0n) is 12.1. The lowest BCUT2D eigenvalue weighted by Crippen LogP contribution is -2.28. The molecule has 0 saturated heterocycles. The van der Waals surface area contributed by atoms with Crippen LogP contribution in [0.25, 0.3) is 6.08 Å². The molecule has 0 amide bonds. The highest BCUT2D eigenvalue weighted by Gasteiger charge is 2.18. The van der Waals surface area contributed by atoms with Crippen molar-refractivity contribution in [3.05, 3.63) is 29.9 Å². The van der Waals surface area contributed by atoms with Crippen molar-refractivity contribution in [3.8, 4) is 0 Å². The predicted molar refractivity (Wildman–Crippen MR) is 79.7 cm³/mol. The van der Waals surface area contributed by atoms with E-state index in [0.717, 1.165) is 18.2 Å². The van der Waals surface area contributed by atoms with E-state index < -0.39 is 0 Å². The number of hydrogen-bond donors (Lipinski definition) is 1. The molecular weight excluding hydrogens is 234 g/mol. The Hall–Kier alpha value is -1.22. The Kier molecular flexibility index (Phi) is 5.52. The molecule has 0 aliphatic heterocycles. The fraction of sp³-hybridized carbons (Fsp3) is 0.625. The lowest BCUT2D eigenvalue weighted by Gasteiger charge is -2.25. The van der Waals surface area contributed by atoms with Crippen molar-refractivity contribution in [2.45, 2.75) is 52.0 Å². The monoisotopic (exact) mass is 259 g/mol. The fourth-order valence-corrected chi connectivity index (χ4v) is 2.68. The third-order valence-electron chi connectivity index (χ3n) is 3.78. The molecule has 1 fully saturated rings. The average molecular weight is 259 g/mol. The maximum Gasteiger partial charge on any atom is 0.115 e. The maximum absolute atomic E-state index is 4.33. The first kappa shape index (κ1) is 14.2. The Labute approximate surface area is 116 Å². The minimum Gasteiger partial charge on any atom is -0.311 e. The van der Waals surface area contributed by atoms with E-state index in [0.29, 0.717) is 6.04 Å². The van der Waals surface area contributed by atoms with Crippen LogP contribution in [0.4, 0.5) is 0 Å². The van der Waals surface area contributed by atoms with Crippen LogP contribution in [0.5, 0.6) is 0 Å². The SMILES string of the molecule is CC(C)NCC(=Cc1ccncn1)C1CCCCC1. The summed E-state index contributed by atoms with van der Waals surface area (Å²) in [7, 11) is 0. The molecule has 0 radical (unpaired) electrons. The molecular formula is C16H25N3. The van der Waals surface area contributed by atoms with Crippen LogP contribution in [0.2, 0.25) is 0 Å². The first-order valence-corrected chi connectivity index (χ1v) is 7.45. The van der Waals surface area contributed by atoms with Crippen LogP contribution < -0.4 is 5.32 Å². The van der Waals surface area contributed by atoms with Crippen LogP contribution >= 0.6 is 0 Å². The van der Waals surface area contributed by atoms with Crippen LogP contribution in [0, 0.1) is 5.92 Å². The number of aromatic nitrogens is 2. The van der Waals surface area contributed by atoms with Gasteiger partial charge in [0.25, 0.3) is 0 Å². The third-order valence-corrected chi connectivity index (χ3v) is 3.78. The molecule has 1 aromatic rings. The van der Waals surface area contributed by atoms with Crippen molar-refractivity contribution in [2.75, 3.05) is 6.54 Å². The quantitative estimate of drug-likeness (QED) is 0.880. The molecule has 0 spiro atoms. The summed E-state index contributed by atoms with van der Waals surface area (Å²) in [6.07, 6.45) is 12.5. The Morgan fingerprint density at radius 1 is 1.37 bits per heavy atom. The Balaban J connectivity index is 2.10. The molecule has 1 N–H and O–H groups in total. The van der Waals surface area contributed by atoms with Crippen molar-refractivity contribution in [3.63, 3.8) is 0 Å². The van der Waals surface area contributed by atoms with Gasteiger partial charge in [0.2, 0.25) is 0 Å². The fourth-order valence-electron chi connectivity index (χ4n) is 2.68. The van der Waals surface area contributed by atoms with Crippen molar-refractivity contribution in [1.29, 1.82) is 0 Å². The minimum absolute atomic E-state index is 0.525. The number of hydrogen-bond acceptors (Lipinski definition) is 3. The summed E-state index contributed by atoms with van der Waals surface area (Å²) in [5.74, 6) is 0.731. The van der Waals surface area contributed by atoms with Crippen molar-refractivity contribution < 1.29 is 0 Å². The van der Waals surface area contributed by atoms with Gasteiger partial charge in [-0.3, -0.25) is 0 Å². The number of rotatable bonds is 5. The summed E-state index contributed by atoms with van der Waals surface area (Å²) in [6.45, 7) is 5.37. The van der Waals surface area contributed by atoms with Gasteiger partial charge in [0.15, 0.2) is 0 Å². The normalized spacial score (nSPS) is 17.9. The Morgan fingerprint density at radius 2 is 2.16 bits per heavy atom. The Bertz CT molecular complexity index is 392. The van der Waals surface area contributed by atoms with Gasteiger partial charge in [-0.2, -0.15) is 0 Å². The van der Waals surface area contributed by atoms with Crippen LogP contribution in [0.15, 0.2) is 24.2 Å². The minimum atomic E-state index is 0.525. The lowest BCUT2D eigenvalue weighted by molar-refractivity contribution is 0.394. The molecule has 0 atom stereocenters. The molecule has 19 heavy (non-hydrogen) atoms. The summed E-state index contributed by atoms with van der Waals surface area (Å²) in [4.78, 5) is 8.31. The van der Waals surface area contributed by atoms with Crippen LogP contribution in [-0.4, -0.2) is 22.6 Å². The molecule has 0 bridgehead atoms. The van der Waals surface area contributed by atoms with Gasteiger partial charge in [-0.15, -0.1) is 0 Å². The van der Waals surface area contributed by atoms with Gasteiger partial charge >= 0.3 is 0 Å². The van der Waals surface area contributed by atoms with E-state index in [1.54, 1.807) is 6.33 Å². The van der Waals surface area contributed by atoms with Gasteiger partial charge in [0, 0.05) is 18.8 Å². The topological polar surface area (TPSA) is 37.8 Å². The third kappa shape index (κ3) is 4.75. The van der Waals surface area contributed by atoms with E-state index >= 15 is 0 Å². The van der Waals surface area contributed by atoms with Crippen molar-refractivity contribution in [2.24, 2.45) is 5.92 Å². The second-order valence-corrected chi connectivity index (χ2v) is 5.72. The highest BCUT2D eigenvalue weighted by molar-refractivity contribution is 5.49. The van der Waals surface area contributed by atoms with Gasteiger partial charge in [-0.05, 0) is 30.9 Å². The van der Waals surface area contributed by atoms with E-state index in [1.165, 1.54) is 37.7 Å². The van der Waals surface area contributed by atoms with Crippen molar-refractivity contribution in [1.82, 2.24) is 15.3 Å². The van der Waals surface area contributed by atoms with Gasteiger partial charge < -0.3 is 5.32 Å². The van der Waals surface area contributed by atoms with Gasteiger partial charge in [-0.25, -0.2) is 9.97 Å². The molecule has 3 heteroatoms. The molecule has 1 aromatic heterocycles. The molecule has 1 saturated carbocycles. The maximum atomic E-state index is 4.33. The van der Waals surface area contributed by atoms with E-state index in [1.807, 2.05) is 12.3 Å². The Morgan fingerprint density at radius 3 is 2.79 bits per heavy atom. The lowest BCUT2D eigenvalue weighted by atomic mass is 9.83. The van der Waals surface area contributed by atoms with Crippen LogP contribution in [0.3, 0.4) is 0 Å². The average Bonchev–Trinajstić information content (AvgIpc) is 2.45. The zero-order chi connectivity index (χ0) is 13.5. The zero-order valence-corrected chi connectivity index (χ0v) is 12.1. The highest BCUT2D eigenvalue weighted by Crippen LogP contribution is 2.30. The standard InChI is InChI=1S/C16H25N3/c1-13(2)18-11-15(14-6-4-3-5-7-14)10-16-8-9-17-12-19-16/h8-10,12-14,18H,3-7,11H2,1-2H3. The van der Waals surface area contributed by atoms with Gasteiger partial charge in [-0.1, -0.05) is 38.7 Å².